The van der Waals surface area contributed by atoms with Crippen molar-refractivity contribution in [1.29, 1.82) is 0 Å². The van der Waals surface area contributed by atoms with E-state index in [1.165, 1.54) is 4.90 Å². The predicted molar refractivity (Wildman–Crippen MR) is 78.1 cm³/mol. The second-order valence-corrected chi connectivity index (χ2v) is 6.78. The summed E-state index contributed by atoms with van der Waals surface area (Å²) in [5.74, 6) is 0.735. The molecule has 0 aromatic carbocycles. The molecule has 2 amide bonds. The first-order chi connectivity index (χ1) is 10.5. The molecule has 5 nitrogen and oxygen atoms in total. The fourth-order valence-corrected chi connectivity index (χ4v) is 3.26. The Kier molecular flexibility index (Phi) is 4.64. The van der Waals surface area contributed by atoms with E-state index in [0.29, 0.717) is 12.3 Å². The van der Waals surface area contributed by atoms with Crippen LogP contribution in [0.1, 0.15) is 43.2 Å². The number of nitrogens with one attached hydrogen (secondary N) is 1. The van der Waals surface area contributed by atoms with Crippen LogP contribution in [-0.2, 0) is 0 Å². The molecule has 1 aliphatic rings. The van der Waals surface area contributed by atoms with Crippen LogP contribution in [0.15, 0.2) is 4.52 Å². The Morgan fingerprint density at radius 1 is 1.43 bits per heavy atom. The second-order valence-electron chi connectivity index (χ2n) is 6.78. The summed E-state index contributed by atoms with van der Waals surface area (Å²) in [6, 6.07) is -0.330. The number of likely N-dealkylation sites (tertiary alicyclic amines) is 1. The molecular formula is C15H22F3N3O2. The smallest absolute Gasteiger partial charge is 0.361 e. The van der Waals surface area contributed by atoms with E-state index < -0.39 is 18.0 Å². The maximum atomic E-state index is 12.5. The summed E-state index contributed by atoms with van der Waals surface area (Å²) in [6.07, 6.45) is -5.06. The Morgan fingerprint density at radius 3 is 2.52 bits per heavy atom. The maximum absolute atomic E-state index is 12.5. The molecule has 0 saturated carbocycles. The van der Waals surface area contributed by atoms with E-state index in [1.807, 2.05) is 20.8 Å². The maximum Gasteiger partial charge on any atom is 0.389 e. The summed E-state index contributed by atoms with van der Waals surface area (Å²) >= 11 is 0. The van der Waals surface area contributed by atoms with Crippen LogP contribution in [0, 0.1) is 19.3 Å². The molecule has 130 valence electrons. The number of nitrogens with zero attached hydrogens (tertiary/aromatic N) is 2. The van der Waals surface area contributed by atoms with Crippen LogP contribution in [0.3, 0.4) is 0 Å². The van der Waals surface area contributed by atoms with E-state index in [9.17, 15) is 18.0 Å². The molecule has 1 atom stereocenters. The average Bonchev–Trinajstić information content (AvgIpc) is 2.70. The predicted octanol–water partition coefficient (Wildman–Crippen LogP) is 3.38. The van der Waals surface area contributed by atoms with Crippen molar-refractivity contribution in [1.82, 2.24) is 15.4 Å². The average molecular weight is 333 g/mol. The molecular weight excluding hydrogens is 311 g/mol. The standard InChI is InChI=1S/C15H22F3N3O2/c1-9(12-10(2)20-23-11(12)3)5-19-13(22)21-7-14(4,8-21)6-15(16,17)18/h9H,5-8H2,1-4H3,(H,19,22). The fraction of sp³-hybridized carbons (Fsp3) is 0.733. The molecule has 0 aliphatic carbocycles. The van der Waals surface area contributed by atoms with E-state index in [2.05, 4.69) is 10.5 Å². The number of hydrogen-bond donors (Lipinski definition) is 1. The molecule has 2 rings (SSSR count). The molecule has 0 radical (unpaired) electrons. The van der Waals surface area contributed by atoms with Crippen LogP contribution in [0.2, 0.25) is 0 Å². The minimum Gasteiger partial charge on any atom is -0.361 e. The number of alkyl halides is 3. The van der Waals surface area contributed by atoms with E-state index in [4.69, 9.17) is 4.52 Å². The van der Waals surface area contributed by atoms with Gasteiger partial charge in [-0.25, -0.2) is 4.79 Å². The van der Waals surface area contributed by atoms with Crippen LogP contribution >= 0.6 is 0 Å². The second kappa shape index (κ2) is 6.05. The molecule has 1 saturated heterocycles. The third kappa shape index (κ3) is 4.17. The van der Waals surface area contributed by atoms with Gasteiger partial charge in [0.1, 0.15) is 5.76 Å². The molecule has 1 aliphatic heterocycles. The zero-order valence-electron chi connectivity index (χ0n) is 13.8. The van der Waals surface area contributed by atoms with Gasteiger partial charge in [-0.15, -0.1) is 0 Å². The third-order valence-corrected chi connectivity index (χ3v) is 4.20. The van der Waals surface area contributed by atoms with Crippen LogP contribution in [0.25, 0.3) is 0 Å². The van der Waals surface area contributed by atoms with Crippen molar-refractivity contribution in [3.05, 3.63) is 17.0 Å². The summed E-state index contributed by atoms with van der Waals surface area (Å²) in [6.45, 7) is 7.77. The van der Waals surface area contributed by atoms with E-state index in [0.717, 1.165) is 11.3 Å². The SMILES string of the molecule is Cc1noc(C)c1C(C)CNC(=O)N1CC(C)(CC(F)(F)F)C1. The van der Waals surface area contributed by atoms with Crippen molar-refractivity contribution >= 4 is 6.03 Å². The molecule has 0 bridgehead atoms. The first-order valence-electron chi connectivity index (χ1n) is 7.53. The van der Waals surface area contributed by atoms with E-state index >= 15 is 0 Å². The minimum absolute atomic E-state index is 0.0213. The highest BCUT2D eigenvalue weighted by Crippen LogP contribution is 2.40. The zero-order chi connectivity index (χ0) is 17.4. The lowest BCUT2D eigenvalue weighted by molar-refractivity contribution is -0.171. The number of carbonyl (C=O) groups excluding carboxylic acids is 1. The van der Waals surface area contributed by atoms with Gasteiger partial charge in [-0.05, 0) is 13.8 Å². The Hall–Kier alpha value is -1.73. The summed E-state index contributed by atoms with van der Waals surface area (Å²) in [5, 5.41) is 6.64. The topological polar surface area (TPSA) is 58.4 Å². The van der Waals surface area contributed by atoms with Crippen LogP contribution < -0.4 is 5.32 Å². The molecule has 0 spiro atoms. The Morgan fingerprint density at radius 2 is 2.04 bits per heavy atom. The molecule has 23 heavy (non-hydrogen) atoms. The zero-order valence-corrected chi connectivity index (χ0v) is 13.8. The summed E-state index contributed by atoms with van der Waals surface area (Å²) in [7, 11) is 0. The van der Waals surface area contributed by atoms with E-state index in [1.54, 1.807) is 6.92 Å². The van der Waals surface area contributed by atoms with Gasteiger partial charge >= 0.3 is 12.2 Å². The number of amides is 2. The normalized spacial score (nSPS) is 18.5. The lowest BCUT2D eigenvalue weighted by Crippen LogP contribution is -2.60. The summed E-state index contributed by atoms with van der Waals surface area (Å²) in [4.78, 5) is 13.4. The number of carbonyl (C=O) groups is 1. The number of halogens is 3. The first-order valence-corrected chi connectivity index (χ1v) is 7.53. The van der Waals surface area contributed by atoms with Crippen molar-refractivity contribution in [2.24, 2.45) is 5.41 Å². The lowest BCUT2D eigenvalue weighted by atomic mass is 9.79. The van der Waals surface area contributed by atoms with Gasteiger partial charge in [0.25, 0.3) is 0 Å². The third-order valence-electron chi connectivity index (χ3n) is 4.20. The monoisotopic (exact) mass is 333 g/mol. The van der Waals surface area contributed by atoms with Gasteiger partial charge < -0.3 is 14.7 Å². The van der Waals surface area contributed by atoms with Gasteiger partial charge in [-0.2, -0.15) is 13.2 Å². The van der Waals surface area contributed by atoms with Crippen LogP contribution in [-0.4, -0.2) is 41.9 Å². The first kappa shape index (κ1) is 17.6. The Bertz CT molecular complexity index is 558. The van der Waals surface area contributed by atoms with Gasteiger partial charge in [-0.3, -0.25) is 0 Å². The minimum atomic E-state index is -4.20. The van der Waals surface area contributed by atoms with Crippen molar-refractivity contribution < 1.29 is 22.5 Å². The van der Waals surface area contributed by atoms with Crippen LogP contribution in [0.4, 0.5) is 18.0 Å². The Balaban J connectivity index is 1.81. The summed E-state index contributed by atoms with van der Waals surface area (Å²) < 4.78 is 42.5. The molecule has 1 aromatic heterocycles. The number of rotatable bonds is 4. The van der Waals surface area contributed by atoms with Gasteiger partial charge in [0.2, 0.25) is 0 Å². The van der Waals surface area contributed by atoms with Gasteiger partial charge in [-0.1, -0.05) is 19.0 Å². The van der Waals surface area contributed by atoms with Crippen molar-refractivity contribution in [3.8, 4) is 0 Å². The molecule has 1 aromatic rings. The van der Waals surface area contributed by atoms with E-state index in [-0.39, 0.29) is 25.0 Å². The highest BCUT2D eigenvalue weighted by atomic mass is 19.4. The molecule has 8 heteroatoms. The number of hydrogen-bond acceptors (Lipinski definition) is 3. The molecule has 1 N–H and O–H groups in total. The molecule has 1 fully saturated rings. The van der Waals surface area contributed by atoms with Gasteiger partial charge in [0.15, 0.2) is 0 Å². The fourth-order valence-electron chi connectivity index (χ4n) is 3.26. The Labute approximate surface area is 133 Å². The largest absolute Gasteiger partial charge is 0.389 e. The van der Waals surface area contributed by atoms with Crippen molar-refractivity contribution in [2.75, 3.05) is 19.6 Å². The number of aromatic nitrogens is 1. The molecule has 1 unspecified atom stereocenters. The lowest BCUT2D eigenvalue weighted by Gasteiger charge is -2.48. The van der Waals surface area contributed by atoms with Crippen molar-refractivity contribution in [2.45, 2.75) is 46.2 Å². The quantitative estimate of drug-likeness (QED) is 0.919. The van der Waals surface area contributed by atoms with Gasteiger partial charge in [0, 0.05) is 36.5 Å². The van der Waals surface area contributed by atoms with Gasteiger partial charge in [0.05, 0.1) is 12.1 Å². The van der Waals surface area contributed by atoms with Crippen molar-refractivity contribution in [3.63, 3.8) is 0 Å². The van der Waals surface area contributed by atoms with Crippen LogP contribution in [0.5, 0.6) is 0 Å². The number of urea groups is 1. The number of aryl methyl sites for hydroxylation is 2. The highest BCUT2D eigenvalue weighted by molar-refractivity contribution is 5.75. The molecule has 2 heterocycles. The highest BCUT2D eigenvalue weighted by Gasteiger charge is 2.48. The summed E-state index contributed by atoms with van der Waals surface area (Å²) in [5.41, 5.74) is 0.866.